The summed E-state index contributed by atoms with van der Waals surface area (Å²) in [4.78, 5) is 12.3. The summed E-state index contributed by atoms with van der Waals surface area (Å²) in [5, 5.41) is -0.314. The Bertz CT molecular complexity index is 368. The summed E-state index contributed by atoms with van der Waals surface area (Å²) in [5.74, 6) is 0.529. The van der Waals surface area contributed by atoms with Crippen molar-refractivity contribution in [2.45, 2.75) is 43.3 Å². The number of carbonyl (C=O) groups excluding carboxylic acids is 1. The van der Waals surface area contributed by atoms with E-state index in [9.17, 15) is 4.79 Å². The molecule has 0 fully saturated rings. The summed E-state index contributed by atoms with van der Waals surface area (Å²) in [6.07, 6.45) is 0. The van der Waals surface area contributed by atoms with Crippen LogP contribution in [0.4, 0.5) is 0 Å². The second-order valence-electron chi connectivity index (χ2n) is 4.61. The van der Waals surface area contributed by atoms with E-state index in [1.807, 2.05) is 26.0 Å². The fourth-order valence-corrected chi connectivity index (χ4v) is 2.31. The molecular weight excluding hydrogens is 240 g/mol. The molecule has 0 saturated heterocycles. The molecule has 0 spiro atoms. The lowest BCUT2D eigenvalue weighted by Crippen LogP contribution is -2.22. The Labute approximate surface area is 107 Å². The number of carbonyl (C=O) groups is 1. The van der Waals surface area contributed by atoms with E-state index in [0.29, 0.717) is 5.92 Å². The third-order valence-corrected chi connectivity index (χ3v) is 4.18. The third-order valence-electron chi connectivity index (χ3n) is 2.39. The molecule has 0 radical (unpaired) electrons. The lowest BCUT2D eigenvalue weighted by molar-refractivity contribution is -0.113. The van der Waals surface area contributed by atoms with Gasteiger partial charge >= 0.3 is 0 Å². The van der Waals surface area contributed by atoms with Gasteiger partial charge in [-0.2, -0.15) is 0 Å². The Balaban J connectivity index is 2.80. The molecule has 0 atom stereocenters. The standard InChI is InChI=1S/C13H17ClOS/c1-9(2)10-5-7-11(8-6-10)16-13(3,4)12(14)15/h5-9H,1-4H3. The van der Waals surface area contributed by atoms with E-state index in [0.717, 1.165) is 4.90 Å². The van der Waals surface area contributed by atoms with Gasteiger partial charge in [-0.1, -0.05) is 26.0 Å². The van der Waals surface area contributed by atoms with Crippen LogP contribution in [-0.4, -0.2) is 9.99 Å². The summed E-state index contributed by atoms with van der Waals surface area (Å²) in [5.41, 5.74) is 1.30. The lowest BCUT2D eigenvalue weighted by Gasteiger charge is -2.19. The van der Waals surface area contributed by atoms with Gasteiger partial charge in [0.05, 0.1) is 4.75 Å². The number of hydrogen-bond acceptors (Lipinski definition) is 2. The quantitative estimate of drug-likeness (QED) is 0.585. The van der Waals surface area contributed by atoms with Gasteiger partial charge in [0, 0.05) is 4.90 Å². The van der Waals surface area contributed by atoms with Crippen molar-refractivity contribution in [3.63, 3.8) is 0 Å². The molecule has 1 aromatic carbocycles. The Morgan fingerprint density at radius 1 is 1.25 bits per heavy atom. The maximum absolute atomic E-state index is 11.2. The van der Waals surface area contributed by atoms with Crippen LogP contribution in [-0.2, 0) is 4.79 Å². The molecule has 0 N–H and O–H groups in total. The van der Waals surface area contributed by atoms with E-state index in [2.05, 4.69) is 26.0 Å². The molecule has 1 aromatic rings. The van der Waals surface area contributed by atoms with Gasteiger partial charge in [-0.25, -0.2) is 0 Å². The van der Waals surface area contributed by atoms with Gasteiger partial charge in [0.25, 0.3) is 0 Å². The monoisotopic (exact) mass is 256 g/mol. The molecule has 0 amide bonds. The van der Waals surface area contributed by atoms with Gasteiger partial charge in [0.2, 0.25) is 5.24 Å². The second-order valence-corrected chi connectivity index (χ2v) is 6.65. The zero-order chi connectivity index (χ0) is 12.3. The molecule has 0 heterocycles. The zero-order valence-corrected chi connectivity index (χ0v) is 11.7. The fourth-order valence-electron chi connectivity index (χ4n) is 1.26. The molecule has 1 rings (SSSR count). The number of hydrogen-bond donors (Lipinski definition) is 0. The van der Waals surface area contributed by atoms with Crippen LogP contribution in [0.5, 0.6) is 0 Å². The van der Waals surface area contributed by atoms with E-state index >= 15 is 0 Å². The van der Waals surface area contributed by atoms with Gasteiger partial charge in [-0.05, 0) is 49.1 Å². The van der Waals surface area contributed by atoms with Crippen LogP contribution in [0, 0.1) is 0 Å². The van der Waals surface area contributed by atoms with Crippen LogP contribution >= 0.6 is 23.4 Å². The third kappa shape index (κ3) is 3.53. The van der Waals surface area contributed by atoms with Crippen molar-refractivity contribution >= 4 is 28.6 Å². The average Bonchev–Trinajstić information content (AvgIpc) is 2.17. The first kappa shape index (κ1) is 13.6. The van der Waals surface area contributed by atoms with Crippen molar-refractivity contribution in [3.05, 3.63) is 29.8 Å². The number of thioether (sulfide) groups is 1. The zero-order valence-electron chi connectivity index (χ0n) is 10.1. The number of benzene rings is 1. The summed E-state index contributed by atoms with van der Waals surface area (Å²) in [7, 11) is 0. The Morgan fingerprint density at radius 3 is 2.12 bits per heavy atom. The summed E-state index contributed by atoms with van der Waals surface area (Å²) in [6.45, 7) is 8.00. The second kappa shape index (κ2) is 5.24. The molecule has 0 aliphatic rings. The first-order valence-corrected chi connectivity index (χ1v) is 6.51. The maximum Gasteiger partial charge on any atom is 0.237 e. The van der Waals surface area contributed by atoms with Crippen LogP contribution in [0.1, 0.15) is 39.2 Å². The molecule has 3 heteroatoms. The normalized spacial score (nSPS) is 11.9. The van der Waals surface area contributed by atoms with E-state index < -0.39 is 4.75 Å². The van der Waals surface area contributed by atoms with Gasteiger partial charge in [0.15, 0.2) is 0 Å². The smallest absolute Gasteiger partial charge is 0.237 e. The molecule has 0 bridgehead atoms. The Hall–Kier alpha value is -0.470. The highest BCUT2D eigenvalue weighted by molar-refractivity contribution is 8.01. The molecule has 16 heavy (non-hydrogen) atoms. The Kier molecular flexibility index (Phi) is 4.45. The van der Waals surface area contributed by atoms with E-state index in [4.69, 9.17) is 11.6 Å². The van der Waals surface area contributed by atoms with Gasteiger partial charge < -0.3 is 0 Å². The maximum atomic E-state index is 11.2. The van der Waals surface area contributed by atoms with Gasteiger partial charge in [-0.3, -0.25) is 4.79 Å². The SMILES string of the molecule is CC(C)c1ccc(SC(C)(C)C(=O)Cl)cc1. The molecular formula is C13H17ClOS. The van der Waals surface area contributed by atoms with Crippen LogP contribution in [0.3, 0.4) is 0 Å². The Morgan fingerprint density at radius 2 is 1.75 bits per heavy atom. The van der Waals surface area contributed by atoms with Crippen LogP contribution in [0.2, 0.25) is 0 Å². The highest BCUT2D eigenvalue weighted by Gasteiger charge is 2.26. The molecule has 0 aliphatic carbocycles. The van der Waals surface area contributed by atoms with Gasteiger partial charge in [-0.15, -0.1) is 11.8 Å². The van der Waals surface area contributed by atoms with Crippen molar-refractivity contribution in [2.75, 3.05) is 0 Å². The minimum atomic E-state index is -0.569. The number of halogens is 1. The molecule has 88 valence electrons. The van der Waals surface area contributed by atoms with Crippen LogP contribution in [0.15, 0.2) is 29.2 Å². The van der Waals surface area contributed by atoms with E-state index in [1.54, 1.807) is 0 Å². The molecule has 0 aromatic heterocycles. The first-order valence-electron chi connectivity index (χ1n) is 5.32. The van der Waals surface area contributed by atoms with Crippen molar-refractivity contribution in [1.82, 2.24) is 0 Å². The largest absolute Gasteiger partial charge is 0.280 e. The van der Waals surface area contributed by atoms with Crippen molar-refractivity contribution in [3.8, 4) is 0 Å². The van der Waals surface area contributed by atoms with Crippen LogP contribution in [0.25, 0.3) is 0 Å². The number of rotatable bonds is 4. The predicted octanol–water partition coefficient (Wildman–Crippen LogP) is 4.45. The topological polar surface area (TPSA) is 17.1 Å². The fraction of sp³-hybridized carbons (Fsp3) is 0.462. The first-order chi connectivity index (χ1) is 7.33. The lowest BCUT2D eigenvalue weighted by atomic mass is 10.0. The summed E-state index contributed by atoms with van der Waals surface area (Å²) in [6, 6.07) is 8.28. The summed E-state index contributed by atoms with van der Waals surface area (Å²) < 4.78 is -0.569. The molecule has 0 saturated carbocycles. The van der Waals surface area contributed by atoms with E-state index in [1.165, 1.54) is 17.3 Å². The van der Waals surface area contributed by atoms with Crippen molar-refractivity contribution in [1.29, 1.82) is 0 Å². The van der Waals surface area contributed by atoms with E-state index in [-0.39, 0.29) is 5.24 Å². The average molecular weight is 257 g/mol. The van der Waals surface area contributed by atoms with Crippen molar-refractivity contribution in [2.24, 2.45) is 0 Å². The molecule has 0 unspecified atom stereocenters. The predicted molar refractivity (Wildman–Crippen MR) is 71.3 cm³/mol. The van der Waals surface area contributed by atoms with Crippen LogP contribution < -0.4 is 0 Å². The summed E-state index contributed by atoms with van der Waals surface area (Å²) >= 11 is 7.03. The van der Waals surface area contributed by atoms with Crippen molar-refractivity contribution < 1.29 is 4.79 Å². The minimum absolute atomic E-state index is 0.314. The molecule has 0 aliphatic heterocycles. The highest BCUT2D eigenvalue weighted by Crippen LogP contribution is 2.34. The minimum Gasteiger partial charge on any atom is -0.280 e. The molecule has 1 nitrogen and oxygen atoms in total. The highest BCUT2D eigenvalue weighted by atomic mass is 35.5. The van der Waals surface area contributed by atoms with Gasteiger partial charge in [0.1, 0.15) is 0 Å².